The van der Waals surface area contributed by atoms with Gasteiger partial charge in [-0.25, -0.2) is 0 Å². The van der Waals surface area contributed by atoms with E-state index in [9.17, 15) is 9.59 Å². The van der Waals surface area contributed by atoms with Crippen LogP contribution in [0.5, 0.6) is 17.2 Å². The van der Waals surface area contributed by atoms with Crippen LogP contribution < -0.4 is 14.2 Å². The highest BCUT2D eigenvalue weighted by Crippen LogP contribution is 2.59. The number of halogens is 2. The standard InChI is InChI=1S/C26H24BrClO6/c1-14-11-17(29)16-13-25(9-10-27,15-7-5-4-6-8-15)34-24(16)26(14)23(30)20-18(31-2)12-19(32-3)21(28)22(20)33-26/h4-8,12,14H,9-11,13H2,1-3H3/t14-,25+,26-/m1/s1. The summed E-state index contributed by atoms with van der Waals surface area (Å²) >= 11 is 10.1. The van der Waals surface area contributed by atoms with Gasteiger partial charge in [0.25, 0.3) is 0 Å². The van der Waals surface area contributed by atoms with Crippen molar-refractivity contribution < 1.29 is 28.5 Å². The normalized spacial score (nSPS) is 27.4. The third-order valence-electron chi connectivity index (χ3n) is 7.11. The van der Waals surface area contributed by atoms with Crippen LogP contribution in [0.25, 0.3) is 0 Å². The Bertz CT molecular complexity index is 1230. The van der Waals surface area contributed by atoms with Gasteiger partial charge < -0.3 is 18.9 Å². The number of hydrogen-bond acceptors (Lipinski definition) is 6. The lowest BCUT2D eigenvalue weighted by atomic mass is 9.72. The number of ketones is 2. The molecule has 0 aromatic heterocycles. The van der Waals surface area contributed by atoms with Crippen LogP contribution in [0.1, 0.15) is 42.1 Å². The van der Waals surface area contributed by atoms with Gasteiger partial charge in [-0.3, -0.25) is 9.59 Å². The minimum atomic E-state index is -1.50. The van der Waals surface area contributed by atoms with E-state index in [1.165, 1.54) is 14.2 Å². The van der Waals surface area contributed by atoms with Crippen LogP contribution in [0.3, 0.4) is 0 Å². The second kappa shape index (κ2) is 8.31. The number of ether oxygens (including phenoxy) is 4. The molecule has 3 aliphatic rings. The van der Waals surface area contributed by atoms with Gasteiger partial charge in [0, 0.05) is 42.1 Å². The molecule has 0 fully saturated rings. The number of carbonyl (C=O) groups is 2. The fourth-order valence-electron chi connectivity index (χ4n) is 5.37. The Labute approximate surface area is 211 Å². The Morgan fingerprint density at radius 3 is 2.47 bits per heavy atom. The van der Waals surface area contributed by atoms with Crippen LogP contribution in [0.2, 0.25) is 5.02 Å². The Morgan fingerprint density at radius 2 is 1.82 bits per heavy atom. The molecule has 0 bridgehead atoms. The molecule has 178 valence electrons. The highest BCUT2D eigenvalue weighted by molar-refractivity contribution is 9.09. The molecule has 2 aromatic rings. The van der Waals surface area contributed by atoms with Gasteiger partial charge in [-0.1, -0.05) is 64.8 Å². The zero-order chi connectivity index (χ0) is 24.3. The molecule has 0 radical (unpaired) electrons. The molecule has 2 heterocycles. The fraction of sp³-hybridized carbons (Fsp3) is 0.385. The predicted molar refractivity (Wildman–Crippen MR) is 130 cm³/mol. The van der Waals surface area contributed by atoms with Crippen LogP contribution in [-0.2, 0) is 15.1 Å². The molecule has 0 amide bonds. The Morgan fingerprint density at radius 1 is 1.12 bits per heavy atom. The molecule has 0 saturated carbocycles. The second-order valence-electron chi connectivity index (χ2n) is 8.88. The molecule has 0 N–H and O–H groups in total. The van der Waals surface area contributed by atoms with E-state index in [-0.39, 0.29) is 34.3 Å². The first-order chi connectivity index (χ1) is 16.3. The van der Waals surface area contributed by atoms with E-state index < -0.39 is 17.1 Å². The van der Waals surface area contributed by atoms with E-state index in [2.05, 4.69) is 15.9 Å². The van der Waals surface area contributed by atoms with E-state index in [0.717, 1.165) is 5.56 Å². The maximum atomic E-state index is 14.1. The number of hydrogen-bond donors (Lipinski definition) is 0. The number of fused-ring (bicyclic) bond motifs is 2. The molecule has 1 aliphatic carbocycles. The number of rotatable bonds is 5. The van der Waals surface area contributed by atoms with Gasteiger partial charge in [0.05, 0.1) is 14.2 Å². The highest BCUT2D eigenvalue weighted by Gasteiger charge is 2.65. The first-order valence-electron chi connectivity index (χ1n) is 11.1. The van der Waals surface area contributed by atoms with E-state index in [0.29, 0.717) is 41.0 Å². The number of benzene rings is 2. The lowest BCUT2D eigenvalue weighted by Gasteiger charge is -2.38. The SMILES string of the molecule is COc1cc(OC)c2c(c1Cl)O[C@]1(C2=O)C2=C(C[C@@](CCBr)(c3ccccc3)O2)C(=O)C[C@H]1C. The van der Waals surface area contributed by atoms with Crippen molar-refractivity contribution in [2.45, 2.75) is 37.4 Å². The maximum Gasteiger partial charge on any atom is 0.231 e. The molecule has 3 atom stereocenters. The summed E-state index contributed by atoms with van der Waals surface area (Å²) in [6, 6.07) is 11.4. The number of alkyl halides is 1. The smallest absolute Gasteiger partial charge is 0.231 e. The number of methoxy groups -OCH3 is 2. The molecule has 6 nitrogen and oxygen atoms in total. The molecule has 2 aromatic carbocycles. The van der Waals surface area contributed by atoms with Gasteiger partial charge >= 0.3 is 0 Å². The van der Waals surface area contributed by atoms with Crippen LogP contribution in [0, 0.1) is 5.92 Å². The minimum absolute atomic E-state index is 0.0245. The number of carbonyl (C=O) groups excluding carboxylic acids is 2. The molecule has 34 heavy (non-hydrogen) atoms. The lowest BCUT2D eigenvalue weighted by Crippen LogP contribution is -2.52. The third kappa shape index (κ3) is 3.06. The van der Waals surface area contributed by atoms with Crippen molar-refractivity contribution >= 4 is 39.1 Å². The average Bonchev–Trinajstić information content (AvgIpc) is 3.38. The van der Waals surface area contributed by atoms with Crippen LogP contribution in [-0.4, -0.2) is 36.7 Å². The predicted octanol–water partition coefficient (Wildman–Crippen LogP) is 5.63. The molecule has 5 rings (SSSR count). The fourth-order valence-corrected chi connectivity index (χ4v) is 6.27. The average molecular weight is 548 g/mol. The number of Topliss-reactive ketones (excluding diaryl/α,β-unsaturated/α-hetero) is 2. The van der Waals surface area contributed by atoms with E-state index in [1.807, 2.05) is 37.3 Å². The van der Waals surface area contributed by atoms with Gasteiger partial charge in [0.15, 0.2) is 17.3 Å². The molecule has 1 spiro atoms. The van der Waals surface area contributed by atoms with Gasteiger partial charge in [-0.2, -0.15) is 0 Å². The van der Waals surface area contributed by atoms with E-state index >= 15 is 0 Å². The van der Waals surface area contributed by atoms with Crippen LogP contribution in [0.4, 0.5) is 0 Å². The zero-order valence-corrected chi connectivity index (χ0v) is 21.4. The van der Waals surface area contributed by atoms with Gasteiger partial charge in [-0.05, 0) is 5.56 Å². The summed E-state index contributed by atoms with van der Waals surface area (Å²) in [6.07, 6.45) is 1.14. The molecule has 2 aliphatic heterocycles. The van der Waals surface area contributed by atoms with Crippen molar-refractivity contribution in [3.63, 3.8) is 0 Å². The van der Waals surface area contributed by atoms with E-state index in [4.69, 9.17) is 30.5 Å². The summed E-state index contributed by atoms with van der Waals surface area (Å²) in [5.41, 5.74) is -0.599. The van der Waals surface area contributed by atoms with Crippen molar-refractivity contribution in [1.29, 1.82) is 0 Å². The minimum Gasteiger partial charge on any atom is -0.496 e. The monoisotopic (exact) mass is 546 g/mol. The first kappa shape index (κ1) is 23.2. The second-order valence-corrected chi connectivity index (χ2v) is 10.1. The molecule has 0 saturated heterocycles. The van der Waals surface area contributed by atoms with Gasteiger partial charge in [-0.15, -0.1) is 0 Å². The van der Waals surface area contributed by atoms with Crippen molar-refractivity contribution in [3.05, 3.63) is 63.9 Å². The van der Waals surface area contributed by atoms with E-state index in [1.54, 1.807) is 6.07 Å². The van der Waals surface area contributed by atoms with Gasteiger partial charge in [0.1, 0.15) is 27.7 Å². The van der Waals surface area contributed by atoms with Crippen LogP contribution in [0.15, 0.2) is 47.7 Å². The Balaban J connectivity index is 1.69. The van der Waals surface area contributed by atoms with Crippen molar-refractivity contribution in [2.75, 3.05) is 19.5 Å². The summed E-state index contributed by atoms with van der Waals surface area (Å²) in [4.78, 5) is 27.4. The molecular weight excluding hydrogens is 524 g/mol. The Kier molecular flexibility index (Phi) is 5.68. The summed E-state index contributed by atoms with van der Waals surface area (Å²) in [7, 11) is 2.96. The Hall–Kier alpha value is -2.51. The highest BCUT2D eigenvalue weighted by atomic mass is 79.9. The topological polar surface area (TPSA) is 71.1 Å². The summed E-state index contributed by atoms with van der Waals surface area (Å²) in [6.45, 7) is 1.83. The molecular formula is C26H24BrClO6. The maximum absolute atomic E-state index is 14.1. The first-order valence-corrected chi connectivity index (χ1v) is 12.6. The largest absolute Gasteiger partial charge is 0.496 e. The summed E-state index contributed by atoms with van der Waals surface area (Å²) in [5.74, 6) is 0.304. The van der Waals surface area contributed by atoms with Crippen molar-refractivity contribution in [3.8, 4) is 17.2 Å². The summed E-state index contributed by atoms with van der Waals surface area (Å²) < 4.78 is 24.0. The van der Waals surface area contributed by atoms with Crippen LogP contribution >= 0.6 is 27.5 Å². The van der Waals surface area contributed by atoms with Gasteiger partial charge in [0.2, 0.25) is 11.4 Å². The van der Waals surface area contributed by atoms with Crippen molar-refractivity contribution in [2.24, 2.45) is 5.92 Å². The molecule has 0 unspecified atom stereocenters. The quantitative estimate of drug-likeness (QED) is 0.452. The molecule has 8 heteroatoms. The zero-order valence-electron chi connectivity index (χ0n) is 19.1. The lowest BCUT2D eigenvalue weighted by molar-refractivity contribution is -0.119. The summed E-state index contributed by atoms with van der Waals surface area (Å²) in [5, 5.41) is 0.841. The third-order valence-corrected chi connectivity index (χ3v) is 7.86. The van der Waals surface area contributed by atoms with Crippen molar-refractivity contribution in [1.82, 2.24) is 0 Å².